The van der Waals surface area contributed by atoms with E-state index in [-0.39, 0.29) is 16.8 Å². The molecule has 1 aliphatic heterocycles. The lowest BCUT2D eigenvalue weighted by molar-refractivity contribution is 0.0712. The Balaban J connectivity index is 1.44. The third-order valence-corrected chi connectivity index (χ3v) is 6.80. The van der Waals surface area contributed by atoms with E-state index in [1.54, 1.807) is 17.3 Å². The van der Waals surface area contributed by atoms with Gasteiger partial charge in [-0.1, -0.05) is 35.9 Å². The minimum absolute atomic E-state index is 0.0440. The fourth-order valence-corrected chi connectivity index (χ4v) is 4.77. The van der Waals surface area contributed by atoms with Gasteiger partial charge in [0.1, 0.15) is 5.82 Å². The van der Waals surface area contributed by atoms with Crippen molar-refractivity contribution in [3.63, 3.8) is 0 Å². The average molecular weight is 487 g/mol. The molecule has 1 aliphatic rings. The molecule has 0 atom stereocenters. The highest BCUT2D eigenvalue weighted by Gasteiger charge is 2.28. The molecule has 0 saturated carbocycles. The van der Waals surface area contributed by atoms with Crippen molar-refractivity contribution in [1.82, 2.24) is 19.9 Å². The number of piperidine rings is 1. The Morgan fingerprint density at radius 1 is 1.03 bits per heavy atom. The topological polar surface area (TPSA) is 59.0 Å². The van der Waals surface area contributed by atoms with E-state index in [2.05, 4.69) is 29.0 Å². The Morgan fingerprint density at radius 3 is 2.54 bits per heavy atom. The number of nitrogens with zero attached hydrogens (tertiary/aromatic N) is 4. The van der Waals surface area contributed by atoms with E-state index < -0.39 is 5.82 Å². The Labute approximate surface area is 208 Å². The Kier molecular flexibility index (Phi) is 6.55. The van der Waals surface area contributed by atoms with Crippen molar-refractivity contribution in [1.29, 1.82) is 0 Å². The minimum Gasteiger partial charge on any atom is -0.339 e. The SMILES string of the molecule is Cc1ccccc1-c1cnc(-c2cccnc2)nc1C1CCN(C(=O)c2ccc(F)c(Cl)c2)CC1. The number of benzene rings is 2. The molecule has 176 valence electrons. The van der Waals surface area contributed by atoms with E-state index in [1.807, 2.05) is 30.5 Å². The summed E-state index contributed by atoms with van der Waals surface area (Å²) in [6.45, 7) is 3.25. The second kappa shape index (κ2) is 9.92. The molecule has 1 fully saturated rings. The van der Waals surface area contributed by atoms with Crippen LogP contribution in [-0.4, -0.2) is 38.8 Å². The monoisotopic (exact) mass is 486 g/mol. The number of aromatic nitrogens is 3. The van der Waals surface area contributed by atoms with Crippen LogP contribution in [0.2, 0.25) is 5.02 Å². The Bertz CT molecular complexity index is 1370. The lowest BCUT2D eigenvalue weighted by atomic mass is 9.87. The minimum atomic E-state index is -0.529. The Hall–Kier alpha value is -3.64. The van der Waals surface area contributed by atoms with E-state index in [1.165, 1.54) is 18.2 Å². The second-order valence-electron chi connectivity index (χ2n) is 8.74. The second-order valence-corrected chi connectivity index (χ2v) is 9.15. The number of carbonyl (C=O) groups is 1. The maximum atomic E-state index is 13.5. The van der Waals surface area contributed by atoms with Crippen molar-refractivity contribution in [3.05, 3.63) is 101 Å². The molecule has 5 nitrogen and oxygen atoms in total. The van der Waals surface area contributed by atoms with Gasteiger partial charge >= 0.3 is 0 Å². The maximum absolute atomic E-state index is 13.5. The fourth-order valence-electron chi connectivity index (χ4n) is 4.59. The summed E-state index contributed by atoms with van der Waals surface area (Å²) >= 11 is 5.89. The number of hydrogen-bond donors (Lipinski definition) is 0. The van der Waals surface area contributed by atoms with Crippen LogP contribution in [-0.2, 0) is 0 Å². The normalized spacial score (nSPS) is 14.2. The molecule has 0 N–H and O–H groups in total. The zero-order valence-corrected chi connectivity index (χ0v) is 20.0. The van der Waals surface area contributed by atoms with Gasteiger partial charge in [-0.05, 0) is 61.2 Å². The quantitative estimate of drug-likeness (QED) is 0.338. The molecule has 5 rings (SSSR count). The van der Waals surface area contributed by atoms with Gasteiger partial charge in [0, 0.05) is 54.3 Å². The van der Waals surface area contributed by atoms with Crippen LogP contribution in [0.1, 0.15) is 40.4 Å². The zero-order chi connectivity index (χ0) is 24.4. The van der Waals surface area contributed by atoms with Crippen LogP contribution in [0.15, 0.2) is 73.2 Å². The van der Waals surface area contributed by atoms with E-state index in [9.17, 15) is 9.18 Å². The highest BCUT2D eigenvalue weighted by Crippen LogP contribution is 2.36. The third kappa shape index (κ3) is 4.80. The number of hydrogen-bond acceptors (Lipinski definition) is 4. The van der Waals surface area contributed by atoms with Gasteiger partial charge in [0.15, 0.2) is 5.82 Å². The smallest absolute Gasteiger partial charge is 0.253 e. The molecule has 0 radical (unpaired) electrons. The summed E-state index contributed by atoms with van der Waals surface area (Å²) < 4.78 is 13.5. The number of carbonyl (C=O) groups excluding carboxylic acids is 1. The Morgan fingerprint density at radius 2 is 1.83 bits per heavy atom. The lowest BCUT2D eigenvalue weighted by Crippen LogP contribution is -2.38. The fraction of sp³-hybridized carbons (Fsp3) is 0.214. The summed E-state index contributed by atoms with van der Waals surface area (Å²) in [5.41, 5.74) is 5.55. The average Bonchev–Trinajstić information content (AvgIpc) is 2.90. The largest absolute Gasteiger partial charge is 0.339 e. The lowest BCUT2D eigenvalue weighted by Gasteiger charge is -2.32. The van der Waals surface area contributed by atoms with Gasteiger partial charge in [0.05, 0.1) is 10.7 Å². The molecule has 0 unspecified atom stereocenters. The van der Waals surface area contributed by atoms with Crippen molar-refractivity contribution in [2.75, 3.05) is 13.1 Å². The molecular weight excluding hydrogens is 463 g/mol. The van der Waals surface area contributed by atoms with Crippen molar-refractivity contribution < 1.29 is 9.18 Å². The third-order valence-electron chi connectivity index (χ3n) is 6.51. The standard InChI is InChI=1S/C28H24ClFN4O/c1-18-5-2-3-7-22(18)23-17-32-27(21-6-4-12-31-16-21)33-26(23)19-10-13-34(14-11-19)28(35)20-8-9-25(30)24(29)15-20/h2-9,12,15-17,19H,10-11,13-14H2,1H3. The van der Waals surface area contributed by atoms with Crippen LogP contribution in [0, 0.1) is 12.7 Å². The molecule has 2 aromatic heterocycles. The molecule has 0 bridgehead atoms. The van der Waals surface area contributed by atoms with E-state index in [0.29, 0.717) is 24.5 Å². The van der Waals surface area contributed by atoms with E-state index >= 15 is 0 Å². The van der Waals surface area contributed by atoms with Gasteiger partial charge < -0.3 is 4.90 Å². The predicted molar refractivity (Wildman–Crippen MR) is 135 cm³/mol. The first-order valence-electron chi connectivity index (χ1n) is 11.6. The van der Waals surface area contributed by atoms with Gasteiger partial charge in [0.25, 0.3) is 5.91 Å². The zero-order valence-electron chi connectivity index (χ0n) is 19.3. The number of likely N-dealkylation sites (tertiary alicyclic amines) is 1. The summed E-state index contributed by atoms with van der Waals surface area (Å²) in [6, 6.07) is 16.2. The van der Waals surface area contributed by atoms with Crippen LogP contribution in [0.4, 0.5) is 4.39 Å². The molecule has 1 saturated heterocycles. The van der Waals surface area contributed by atoms with Crippen molar-refractivity contribution in [2.24, 2.45) is 0 Å². The first-order valence-corrected chi connectivity index (χ1v) is 12.0. The maximum Gasteiger partial charge on any atom is 0.253 e. The molecule has 0 spiro atoms. The molecule has 35 heavy (non-hydrogen) atoms. The van der Waals surface area contributed by atoms with Crippen LogP contribution < -0.4 is 0 Å². The number of aryl methyl sites for hydroxylation is 1. The van der Waals surface area contributed by atoms with Crippen LogP contribution >= 0.6 is 11.6 Å². The first kappa shape index (κ1) is 23.1. The summed E-state index contributed by atoms with van der Waals surface area (Å²) in [4.78, 5) is 28.7. The number of rotatable bonds is 4. The number of halogens is 2. The summed E-state index contributed by atoms with van der Waals surface area (Å²) in [5.74, 6) is 0.149. The molecule has 1 amide bonds. The van der Waals surface area contributed by atoms with E-state index in [4.69, 9.17) is 16.6 Å². The molecule has 2 aromatic carbocycles. The van der Waals surface area contributed by atoms with Gasteiger partial charge in [-0.3, -0.25) is 9.78 Å². The van der Waals surface area contributed by atoms with Crippen LogP contribution in [0.25, 0.3) is 22.5 Å². The van der Waals surface area contributed by atoms with Crippen molar-refractivity contribution in [2.45, 2.75) is 25.7 Å². The van der Waals surface area contributed by atoms with Gasteiger partial charge in [-0.2, -0.15) is 0 Å². The van der Waals surface area contributed by atoms with Gasteiger partial charge in [-0.15, -0.1) is 0 Å². The van der Waals surface area contributed by atoms with Crippen molar-refractivity contribution >= 4 is 17.5 Å². The van der Waals surface area contributed by atoms with E-state index in [0.717, 1.165) is 40.8 Å². The highest BCUT2D eigenvalue weighted by atomic mass is 35.5. The predicted octanol–water partition coefficient (Wildman–Crippen LogP) is 6.33. The molecule has 4 aromatic rings. The summed E-state index contributed by atoms with van der Waals surface area (Å²) in [6.07, 6.45) is 6.94. The van der Waals surface area contributed by atoms with Crippen LogP contribution in [0.5, 0.6) is 0 Å². The van der Waals surface area contributed by atoms with Gasteiger partial charge in [0.2, 0.25) is 0 Å². The highest BCUT2D eigenvalue weighted by molar-refractivity contribution is 6.31. The number of pyridine rings is 1. The van der Waals surface area contributed by atoms with Crippen molar-refractivity contribution in [3.8, 4) is 22.5 Å². The molecular formula is C28H24ClFN4O. The number of amides is 1. The first-order chi connectivity index (χ1) is 17.0. The molecule has 0 aliphatic carbocycles. The molecule has 3 heterocycles. The summed E-state index contributed by atoms with van der Waals surface area (Å²) in [5, 5.41) is -0.0440. The van der Waals surface area contributed by atoms with Gasteiger partial charge in [-0.25, -0.2) is 14.4 Å². The summed E-state index contributed by atoms with van der Waals surface area (Å²) in [7, 11) is 0. The molecule has 7 heteroatoms. The van der Waals surface area contributed by atoms with Crippen LogP contribution in [0.3, 0.4) is 0 Å².